The molecule has 1 nitrogen and oxygen atoms in total. The van der Waals surface area contributed by atoms with Crippen molar-refractivity contribution in [3.8, 4) is 0 Å². The summed E-state index contributed by atoms with van der Waals surface area (Å²) in [4.78, 5) is 0. The third-order valence-electron chi connectivity index (χ3n) is 2.73. The molecule has 0 unspecified atom stereocenters. The van der Waals surface area contributed by atoms with E-state index in [1.807, 2.05) is 0 Å². The van der Waals surface area contributed by atoms with Crippen molar-refractivity contribution in [1.82, 2.24) is 0 Å². The predicted molar refractivity (Wildman–Crippen MR) is 36.0 cm³/mol. The molecule has 0 N–H and O–H groups in total. The standard InChI is InChI=1S/C8H13O/c1-2-8(3-1)4-6-9-7-5-8/h4H,1-3,5-7H2. The van der Waals surface area contributed by atoms with Gasteiger partial charge in [-0.3, -0.25) is 0 Å². The molecule has 9 heavy (non-hydrogen) atoms. The SMILES string of the molecule is [CH]1COCCC12CCC2. The van der Waals surface area contributed by atoms with E-state index in [4.69, 9.17) is 4.74 Å². The minimum absolute atomic E-state index is 0.651. The minimum Gasteiger partial charge on any atom is -0.381 e. The first kappa shape index (κ1) is 5.72. The molecular formula is C8H13O. The van der Waals surface area contributed by atoms with E-state index in [0.29, 0.717) is 5.41 Å². The molecule has 0 bridgehead atoms. The molecule has 2 aliphatic rings. The summed E-state index contributed by atoms with van der Waals surface area (Å²) in [6, 6.07) is 0. The summed E-state index contributed by atoms with van der Waals surface area (Å²) in [6.07, 6.45) is 7.95. The van der Waals surface area contributed by atoms with Gasteiger partial charge >= 0.3 is 0 Å². The van der Waals surface area contributed by atoms with Gasteiger partial charge < -0.3 is 4.74 Å². The van der Waals surface area contributed by atoms with Crippen LogP contribution in [0.2, 0.25) is 0 Å². The van der Waals surface area contributed by atoms with Gasteiger partial charge in [0.1, 0.15) is 0 Å². The molecule has 1 saturated heterocycles. The first-order valence-corrected chi connectivity index (χ1v) is 3.83. The first-order valence-electron chi connectivity index (χ1n) is 3.83. The molecule has 1 radical (unpaired) electrons. The lowest BCUT2D eigenvalue weighted by Gasteiger charge is -2.44. The highest BCUT2D eigenvalue weighted by Crippen LogP contribution is 2.47. The Morgan fingerprint density at radius 2 is 2.11 bits per heavy atom. The maximum Gasteiger partial charge on any atom is 0.0503 e. The lowest BCUT2D eigenvalue weighted by Crippen LogP contribution is -2.36. The molecular weight excluding hydrogens is 112 g/mol. The second-order valence-corrected chi connectivity index (χ2v) is 3.24. The Morgan fingerprint density at radius 3 is 2.44 bits per heavy atom. The Hall–Kier alpha value is -0.0400. The van der Waals surface area contributed by atoms with E-state index in [1.165, 1.54) is 25.7 Å². The van der Waals surface area contributed by atoms with Crippen molar-refractivity contribution < 1.29 is 4.74 Å². The zero-order valence-electron chi connectivity index (χ0n) is 5.73. The number of hydrogen-bond acceptors (Lipinski definition) is 1. The van der Waals surface area contributed by atoms with Crippen LogP contribution in [0.4, 0.5) is 0 Å². The zero-order chi connectivity index (χ0) is 6.16. The maximum atomic E-state index is 5.25. The largest absolute Gasteiger partial charge is 0.381 e. The van der Waals surface area contributed by atoms with Crippen LogP contribution in [0, 0.1) is 11.8 Å². The van der Waals surface area contributed by atoms with Crippen LogP contribution in [0.25, 0.3) is 0 Å². The Kier molecular flexibility index (Phi) is 1.26. The predicted octanol–water partition coefficient (Wildman–Crippen LogP) is 1.78. The molecule has 1 heteroatoms. The third-order valence-corrected chi connectivity index (χ3v) is 2.73. The van der Waals surface area contributed by atoms with Crippen molar-refractivity contribution in [2.75, 3.05) is 13.2 Å². The molecule has 0 aromatic heterocycles. The van der Waals surface area contributed by atoms with Gasteiger partial charge in [-0.2, -0.15) is 0 Å². The number of rotatable bonds is 0. The fraction of sp³-hybridized carbons (Fsp3) is 0.875. The zero-order valence-corrected chi connectivity index (χ0v) is 5.73. The summed E-state index contributed by atoms with van der Waals surface area (Å²) in [5.41, 5.74) is 0.651. The van der Waals surface area contributed by atoms with Gasteiger partial charge in [0.25, 0.3) is 0 Å². The van der Waals surface area contributed by atoms with E-state index in [-0.39, 0.29) is 0 Å². The van der Waals surface area contributed by atoms with E-state index in [1.54, 1.807) is 0 Å². The summed E-state index contributed by atoms with van der Waals surface area (Å²) < 4.78 is 5.25. The van der Waals surface area contributed by atoms with E-state index in [2.05, 4.69) is 6.42 Å². The first-order chi connectivity index (χ1) is 4.41. The Morgan fingerprint density at radius 1 is 1.22 bits per heavy atom. The Bertz CT molecular complexity index is 97.1. The maximum absolute atomic E-state index is 5.25. The van der Waals surface area contributed by atoms with Crippen LogP contribution in [0.15, 0.2) is 0 Å². The van der Waals surface area contributed by atoms with Crippen LogP contribution in [0.1, 0.15) is 25.7 Å². The van der Waals surface area contributed by atoms with Gasteiger partial charge in [-0.1, -0.05) is 6.42 Å². The van der Waals surface area contributed by atoms with E-state index >= 15 is 0 Å². The van der Waals surface area contributed by atoms with Crippen molar-refractivity contribution in [3.63, 3.8) is 0 Å². The lowest BCUT2D eigenvalue weighted by molar-refractivity contribution is 0.0199. The number of hydrogen-bond donors (Lipinski definition) is 0. The van der Waals surface area contributed by atoms with Gasteiger partial charge in [0.2, 0.25) is 0 Å². The quantitative estimate of drug-likeness (QED) is 0.479. The molecule has 51 valence electrons. The van der Waals surface area contributed by atoms with Crippen LogP contribution < -0.4 is 0 Å². The van der Waals surface area contributed by atoms with Gasteiger partial charge in [0.15, 0.2) is 0 Å². The molecule has 0 atom stereocenters. The van der Waals surface area contributed by atoms with Gasteiger partial charge in [-0.25, -0.2) is 0 Å². The minimum atomic E-state index is 0.651. The van der Waals surface area contributed by atoms with Gasteiger partial charge in [-0.05, 0) is 31.1 Å². The molecule has 2 fully saturated rings. The molecule has 1 aliphatic carbocycles. The van der Waals surface area contributed by atoms with Crippen molar-refractivity contribution in [2.24, 2.45) is 5.41 Å². The molecule has 0 aromatic carbocycles. The molecule has 1 saturated carbocycles. The highest BCUT2D eigenvalue weighted by Gasteiger charge is 2.38. The van der Waals surface area contributed by atoms with E-state index < -0.39 is 0 Å². The van der Waals surface area contributed by atoms with Gasteiger partial charge in [0, 0.05) is 6.61 Å². The molecule has 2 rings (SSSR count). The molecule has 1 spiro atoms. The van der Waals surface area contributed by atoms with Crippen molar-refractivity contribution >= 4 is 0 Å². The summed E-state index contributed by atoms with van der Waals surface area (Å²) in [7, 11) is 0. The van der Waals surface area contributed by atoms with Gasteiger partial charge in [0.05, 0.1) is 6.61 Å². The molecule has 1 heterocycles. The van der Waals surface area contributed by atoms with Crippen LogP contribution >= 0.6 is 0 Å². The highest BCUT2D eigenvalue weighted by molar-refractivity contribution is 5.00. The fourth-order valence-corrected chi connectivity index (χ4v) is 1.78. The summed E-state index contributed by atoms with van der Waals surface area (Å²) in [5, 5.41) is 0. The van der Waals surface area contributed by atoms with Crippen LogP contribution in [0.5, 0.6) is 0 Å². The van der Waals surface area contributed by atoms with E-state index in [9.17, 15) is 0 Å². The molecule has 0 amide bonds. The van der Waals surface area contributed by atoms with Crippen LogP contribution in [0.3, 0.4) is 0 Å². The lowest BCUT2D eigenvalue weighted by atomic mass is 9.64. The second kappa shape index (κ2) is 1.98. The monoisotopic (exact) mass is 125 g/mol. The van der Waals surface area contributed by atoms with Crippen molar-refractivity contribution in [3.05, 3.63) is 6.42 Å². The van der Waals surface area contributed by atoms with Crippen molar-refractivity contribution in [2.45, 2.75) is 25.7 Å². The van der Waals surface area contributed by atoms with Crippen molar-refractivity contribution in [1.29, 1.82) is 0 Å². The normalized spacial score (nSPS) is 32.0. The topological polar surface area (TPSA) is 9.23 Å². The van der Waals surface area contributed by atoms with Crippen LogP contribution in [-0.2, 0) is 4.74 Å². The van der Waals surface area contributed by atoms with Gasteiger partial charge in [-0.15, -0.1) is 0 Å². The fourth-order valence-electron chi connectivity index (χ4n) is 1.78. The average Bonchev–Trinajstić information content (AvgIpc) is 1.87. The number of ether oxygens (including phenoxy) is 1. The smallest absolute Gasteiger partial charge is 0.0503 e. The highest BCUT2D eigenvalue weighted by atomic mass is 16.5. The second-order valence-electron chi connectivity index (χ2n) is 3.24. The average molecular weight is 125 g/mol. The Labute approximate surface area is 56.4 Å². The third kappa shape index (κ3) is 0.877. The molecule has 1 aliphatic heterocycles. The van der Waals surface area contributed by atoms with E-state index in [0.717, 1.165) is 13.2 Å². The Balaban J connectivity index is 1.93. The summed E-state index contributed by atoms with van der Waals surface area (Å²) >= 11 is 0. The summed E-state index contributed by atoms with van der Waals surface area (Å²) in [6.45, 7) is 1.90. The summed E-state index contributed by atoms with van der Waals surface area (Å²) in [5.74, 6) is 0. The molecule has 0 aromatic rings. The van der Waals surface area contributed by atoms with Crippen LogP contribution in [-0.4, -0.2) is 13.2 Å².